The van der Waals surface area contributed by atoms with E-state index in [4.69, 9.17) is 9.05 Å². The molecule has 0 heterocycles. The molecule has 0 aliphatic heterocycles. The van der Waals surface area contributed by atoms with Crippen LogP contribution >= 0.6 is 8.25 Å². The Bertz CT molecular complexity index is 717. The second-order valence-electron chi connectivity index (χ2n) is 12.7. The predicted molar refractivity (Wildman–Crippen MR) is 133 cm³/mol. The third-order valence-electron chi connectivity index (χ3n) is 10.6. The molecule has 0 saturated heterocycles. The zero-order chi connectivity index (χ0) is 23.1. The van der Waals surface area contributed by atoms with Crippen LogP contribution in [-0.4, -0.2) is 13.2 Å². The number of rotatable bonds is 8. The molecule has 9 atom stereocenters. The molecule has 0 radical (unpaired) electrons. The van der Waals surface area contributed by atoms with Crippen molar-refractivity contribution in [1.82, 2.24) is 0 Å². The minimum atomic E-state index is -1.97. The first-order valence-electron chi connectivity index (χ1n) is 13.6. The summed E-state index contributed by atoms with van der Waals surface area (Å²) < 4.78 is 22.4. The largest absolute Gasteiger partial charge is 0.697 e. The van der Waals surface area contributed by atoms with Crippen LogP contribution in [-0.2, 0) is 13.6 Å². The number of hydrogen-bond donors (Lipinski definition) is 0. The Morgan fingerprint density at radius 2 is 1.84 bits per heavy atom. The maximum atomic E-state index is 11.8. The molecule has 4 rings (SSSR count). The monoisotopic (exact) mass is 463 g/mol. The van der Waals surface area contributed by atoms with Crippen LogP contribution in [0, 0.1) is 46.3 Å². The van der Waals surface area contributed by atoms with Gasteiger partial charge in [0, 0.05) is 11.0 Å². The molecule has 3 fully saturated rings. The van der Waals surface area contributed by atoms with Crippen molar-refractivity contribution in [2.75, 3.05) is 7.11 Å². The Kier molecular flexibility index (Phi) is 7.61. The van der Waals surface area contributed by atoms with Crippen LogP contribution < -0.4 is 0 Å². The van der Waals surface area contributed by atoms with Gasteiger partial charge < -0.3 is 0 Å². The van der Waals surface area contributed by atoms with Gasteiger partial charge in [-0.25, -0.2) is 0 Å². The summed E-state index contributed by atoms with van der Waals surface area (Å²) >= 11 is 0. The Labute approximate surface area is 198 Å². The SMILES string of the molecule is CO[P+](=O)O[C@H]1CC[C@@]2(C)C(=CC[C@H]3[C@@H]4CC[C@H]([C@H](C)CCCC(C)C)[C@@]4(C)CC[C@@H]32)C1. The van der Waals surface area contributed by atoms with Gasteiger partial charge in [-0.05, 0) is 91.3 Å². The van der Waals surface area contributed by atoms with Gasteiger partial charge in [-0.1, -0.05) is 65.5 Å². The van der Waals surface area contributed by atoms with Gasteiger partial charge in [0.25, 0.3) is 0 Å². The molecule has 0 amide bonds. The molecular formula is C28H48O3P+. The van der Waals surface area contributed by atoms with E-state index in [9.17, 15) is 4.57 Å². The maximum Gasteiger partial charge on any atom is 0.697 e. The van der Waals surface area contributed by atoms with Gasteiger partial charge in [-0.2, -0.15) is 0 Å². The van der Waals surface area contributed by atoms with Gasteiger partial charge in [-0.3, -0.25) is 0 Å². The minimum absolute atomic E-state index is 0.0610. The fourth-order valence-electron chi connectivity index (χ4n) is 8.91. The molecular weight excluding hydrogens is 415 g/mol. The summed E-state index contributed by atoms with van der Waals surface area (Å²) in [5, 5.41) is 0. The third kappa shape index (κ3) is 4.52. The van der Waals surface area contributed by atoms with Crippen molar-refractivity contribution in [2.45, 2.75) is 111 Å². The first-order chi connectivity index (χ1) is 15.2. The van der Waals surface area contributed by atoms with Crippen molar-refractivity contribution in [2.24, 2.45) is 46.3 Å². The maximum absolute atomic E-state index is 11.8. The molecule has 3 nitrogen and oxygen atoms in total. The lowest BCUT2D eigenvalue weighted by molar-refractivity contribution is -0.0560. The van der Waals surface area contributed by atoms with E-state index in [1.54, 1.807) is 5.57 Å². The van der Waals surface area contributed by atoms with E-state index in [-0.39, 0.29) is 6.10 Å². The highest BCUT2D eigenvalue weighted by Gasteiger charge is 2.59. The van der Waals surface area contributed by atoms with E-state index in [1.807, 2.05) is 0 Å². The summed E-state index contributed by atoms with van der Waals surface area (Å²) in [7, 11) is -0.502. The van der Waals surface area contributed by atoms with Crippen molar-refractivity contribution in [3.8, 4) is 0 Å². The molecule has 182 valence electrons. The molecule has 4 aliphatic carbocycles. The van der Waals surface area contributed by atoms with Crippen LogP contribution in [0.2, 0.25) is 0 Å². The van der Waals surface area contributed by atoms with Crippen molar-refractivity contribution in [3.05, 3.63) is 11.6 Å². The normalized spacial score (nSPS) is 42.7. The zero-order valence-electron chi connectivity index (χ0n) is 21.6. The van der Waals surface area contributed by atoms with Crippen molar-refractivity contribution in [1.29, 1.82) is 0 Å². The third-order valence-corrected chi connectivity index (χ3v) is 11.4. The van der Waals surface area contributed by atoms with E-state index in [0.29, 0.717) is 10.8 Å². The topological polar surface area (TPSA) is 35.5 Å². The summed E-state index contributed by atoms with van der Waals surface area (Å²) in [6.07, 6.45) is 17.0. The molecule has 0 N–H and O–H groups in total. The first-order valence-corrected chi connectivity index (χ1v) is 14.7. The average Bonchev–Trinajstić information content (AvgIpc) is 3.11. The van der Waals surface area contributed by atoms with E-state index >= 15 is 0 Å². The van der Waals surface area contributed by atoms with Crippen LogP contribution in [0.4, 0.5) is 0 Å². The summed E-state index contributed by atoms with van der Waals surface area (Å²) in [5.41, 5.74) is 2.47. The van der Waals surface area contributed by atoms with Gasteiger partial charge in [0.2, 0.25) is 0 Å². The molecule has 1 unspecified atom stereocenters. The fraction of sp³-hybridized carbons (Fsp3) is 0.929. The Hall–Kier alpha value is -0.240. The molecule has 0 bridgehead atoms. The van der Waals surface area contributed by atoms with Crippen LogP contribution in [0.3, 0.4) is 0 Å². The van der Waals surface area contributed by atoms with Gasteiger partial charge in [-0.15, -0.1) is 9.05 Å². The zero-order valence-corrected chi connectivity index (χ0v) is 22.5. The molecule has 0 aromatic carbocycles. The van der Waals surface area contributed by atoms with Gasteiger partial charge in [0.15, 0.2) is 0 Å². The van der Waals surface area contributed by atoms with Crippen LogP contribution in [0.15, 0.2) is 11.6 Å². The smallest absolute Gasteiger partial charge is 0.122 e. The standard InChI is InChI=1S/C28H48O3P/c1-19(2)8-7-9-20(3)24-12-13-25-23-11-10-21-18-22(31-32(29)30-6)14-16-27(21,4)26(23)15-17-28(24,25)5/h10,19-20,22-26H,7-9,11-18H2,1-6H3/q+1/t20-,22+,23+,24-,25+,26+,27+,28-/m1/s1. The second-order valence-corrected chi connectivity index (χ2v) is 13.7. The highest BCUT2D eigenvalue weighted by molar-refractivity contribution is 7.33. The van der Waals surface area contributed by atoms with E-state index in [0.717, 1.165) is 48.3 Å². The number of fused-ring (bicyclic) bond motifs is 5. The van der Waals surface area contributed by atoms with E-state index < -0.39 is 8.25 Å². The summed E-state index contributed by atoms with van der Waals surface area (Å²) in [5.74, 6) is 5.24. The lowest BCUT2D eigenvalue weighted by Crippen LogP contribution is -2.50. The Morgan fingerprint density at radius 3 is 2.56 bits per heavy atom. The molecule has 0 aromatic rings. The first kappa shape index (κ1) is 24.9. The highest BCUT2D eigenvalue weighted by atomic mass is 31.1. The quantitative estimate of drug-likeness (QED) is 0.267. The summed E-state index contributed by atoms with van der Waals surface area (Å²) in [6, 6.07) is 0. The predicted octanol–water partition coefficient (Wildman–Crippen LogP) is 8.72. The second kappa shape index (κ2) is 9.79. The lowest BCUT2D eigenvalue weighted by atomic mass is 9.47. The Balaban J connectivity index is 1.45. The minimum Gasteiger partial charge on any atom is -0.122 e. The van der Waals surface area contributed by atoms with Crippen molar-refractivity contribution < 1.29 is 13.6 Å². The van der Waals surface area contributed by atoms with E-state index in [1.165, 1.54) is 64.9 Å². The van der Waals surface area contributed by atoms with Gasteiger partial charge >= 0.3 is 8.25 Å². The molecule has 4 heteroatoms. The molecule has 4 aliphatic rings. The molecule has 3 saturated carbocycles. The highest BCUT2D eigenvalue weighted by Crippen LogP contribution is 2.67. The summed E-state index contributed by atoms with van der Waals surface area (Å²) in [4.78, 5) is 0. The molecule has 32 heavy (non-hydrogen) atoms. The average molecular weight is 464 g/mol. The van der Waals surface area contributed by atoms with Crippen LogP contribution in [0.5, 0.6) is 0 Å². The van der Waals surface area contributed by atoms with E-state index in [2.05, 4.69) is 40.7 Å². The van der Waals surface area contributed by atoms with Crippen molar-refractivity contribution >= 4 is 8.25 Å². The fourth-order valence-corrected chi connectivity index (χ4v) is 9.42. The van der Waals surface area contributed by atoms with Gasteiger partial charge in [0.1, 0.15) is 6.10 Å². The van der Waals surface area contributed by atoms with Crippen LogP contribution in [0.25, 0.3) is 0 Å². The number of hydrogen-bond acceptors (Lipinski definition) is 3. The lowest BCUT2D eigenvalue weighted by Gasteiger charge is -2.58. The Morgan fingerprint density at radius 1 is 1.06 bits per heavy atom. The van der Waals surface area contributed by atoms with Crippen LogP contribution in [0.1, 0.15) is 105 Å². The molecule has 0 aromatic heterocycles. The van der Waals surface area contributed by atoms with Gasteiger partial charge in [0.05, 0.1) is 7.11 Å². The van der Waals surface area contributed by atoms with Crippen molar-refractivity contribution in [3.63, 3.8) is 0 Å². The summed E-state index contributed by atoms with van der Waals surface area (Å²) in [6.45, 7) is 12.5. The number of allylic oxidation sites excluding steroid dienone is 1. The molecule has 0 spiro atoms.